The Morgan fingerprint density at radius 3 is 2.95 bits per heavy atom. The van der Waals surface area contributed by atoms with Crippen molar-refractivity contribution in [3.05, 3.63) is 23.5 Å². The number of nitrogens with zero attached hydrogens (tertiary/aromatic N) is 3. The Morgan fingerprint density at radius 2 is 2.19 bits per heavy atom. The maximum Gasteiger partial charge on any atom is 0.257 e. The molecule has 2 unspecified atom stereocenters. The number of fused-ring (bicyclic) bond motifs is 1. The monoisotopic (exact) mass is 288 g/mol. The van der Waals surface area contributed by atoms with Gasteiger partial charge in [0.15, 0.2) is 0 Å². The highest BCUT2D eigenvalue weighted by atomic mass is 16.2. The quantitative estimate of drug-likeness (QED) is 0.854. The third kappa shape index (κ3) is 2.75. The lowest BCUT2D eigenvalue weighted by Gasteiger charge is -2.47. The molecule has 2 aliphatic heterocycles. The number of nitrogen functional groups attached to an aromatic ring is 1. The van der Waals surface area contributed by atoms with Gasteiger partial charge in [-0.3, -0.25) is 14.7 Å². The van der Waals surface area contributed by atoms with Crippen LogP contribution in [0.15, 0.2) is 12.3 Å². The predicted octanol–water partition coefficient (Wildman–Crippen LogP) is 1.67. The molecule has 114 valence electrons. The molecule has 5 heteroatoms. The molecule has 2 N–H and O–H groups in total. The highest BCUT2D eigenvalue weighted by molar-refractivity contribution is 5.99. The van der Waals surface area contributed by atoms with Crippen LogP contribution in [0.2, 0.25) is 0 Å². The summed E-state index contributed by atoms with van der Waals surface area (Å²) in [5, 5.41) is 0. The van der Waals surface area contributed by atoms with E-state index in [1.807, 2.05) is 11.8 Å². The second-order valence-corrected chi connectivity index (χ2v) is 6.36. The Kier molecular flexibility index (Phi) is 3.85. The van der Waals surface area contributed by atoms with Crippen LogP contribution in [0.4, 0.5) is 5.69 Å². The van der Waals surface area contributed by atoms with E-state index in [0.29, 0.717) is 17.3 Å². The second kappa shape index (κ2) is 5.64. The zero-order chi connectivity index (χ0) is 15.0. The molecule has 2 atom stereocenters. The summed E-state index contributed by atoms with van der Waals surface area (Å²) in [6.45, 7) is 6.96. The summed E-state index contributed by atoms with van der Waals surface area (Å²) in [7, 11) is 0. The molecule has 1 aromatic heterocycles. The van der Waals surface area contributed by atoms with Crippen LogP contribution in [0.5, 0.6) is 0 Å². The number of amides is 1. The van der Waals surface area contributed by atoms with Crippen LogP contribution < -0.4 is 5.73 Å². The molecule has 0 bridgehead atoms. The van der Waals surface area contributed by atoms with E-state index in [0.717, 1.165) is 18.8 Å². The van der Waals surface area contributed by atoms with E-state index < -0.39 is 0 Å². The van der Waals surface area contributed by atoms with Gasteiger partial charge in [-0.2, -0.15) is 0 Å². The van der Waals surface area contributed by atoms with Gasteiger partial charge in [-0.1, -0.05) is 6.42 Å². The number of piperidine rings is 1. The molecule has 0 saturated carbocycles. The average molecular weight is 288 g/mol. The zero-order valence-electron chi connectivity index (χ0n) is 12.9. The number of aryl methyl sites for hydroxylation is 1. The number of aromatic nitrogens is 1. The zero-order valence-corrected chi connectivity index (χ0v) is 12.9. The molecular formula is C16H24N4O. The van der Waals surface area contributed by atoms with Crippen LogP contribution in [-0.2, 0) is 0 Å². The van der Waals surface area contributed by atoms with Gasteiger partial charge in [0.1, 0.15) is 0 Å². The number of rotatable bonds is 1. The van der Waals surface area contributed by atoms with Gasteiger partial charge in [-0.05, 0) is 39.3 Å². The van der Waals surface area contributed by atoms with Gasteiger partial charge in [0.05, 0.1) is 5.56 Å². The smallest absolute Gasteiger partial charge is 0.257 e. The van der Waals surface area contributed by atoms with Gasteiger partial charge in [-0.15, -0.1) is 0 Å². The molecule has 0 aliphatic carbocycles. The second-order valence-electron chi connectivity index (χ2n) is 6.36. The molecule has 1 amide bonds. The summed E-state index contributed by atoms with van der Waals surface area (Å²) in [5.74, 6) is 0.0257. The molecule has 5 nitrogen and oxygen atoms in total. The maximum atomic E-state index is 12.8. The van der Waals surface area contributed by atoms with E-state index in [1.165, 1.54) is 25.8 Å². The first-order valence-electron chi connectivity index (χ1n) is 7.83. The first-order chi connectivity index (χ1) is 10.1. The van der Waals surface area contributed by atoms with Crippen LogP contribution in [0.1, 0.15) is 42.2 Å². The first kappa shape index (κ1) is 14.3. The lowest BCUT2D eigenvalue weighted by Crippen LogP contribution is -2.60. The SMILES string of the molecule is Cc1cc(N)c(C(=O)N2CC3CCCCN3CC2C)cn1. The van der Waals surface area contributed by atoms with E-state index in [1.54, 1.807) is 12.3 Å². The minimum Gasteiger partial charge on any atom is -0.398 e. The van der Waals surface area contributed by atoms with E-state index in [-0.39, 0.29) is 11.9 Å². The van der Waals surface area contributed by atoms with Crippen molar-refractivity contribution >= 4 is 11.6 Å². The molecule has 2 fully saturated rings. The molecule has 0 aromatic carbocycles. The number of hydrogen-bond acceptors (Lipinski definition) is 4. The highest BCUT2D eigenvalue weighted by Crippen LogP contribution is 2.26. The fourth-order valence-electron chi connectivity index (χ4n) is 3.55. The van der Waals surface area contributed by atoms with E-state index >= 15 is 0 Å². The molecule has 1 aromatic rings. The van der Waals surface area contributed by atoms with Crippen molar-refractivity contribution < 1.29 is 4.79 Å². The number of carbonyl (C=O) groups excluding carboxylic acids is 1. The van der Waals surface area contributed by atoms with E-state index in [9.17, 15) is 4.79 Å². The molecule has 0 spiro atoms. The average Bonchev–Trinajstić information content (AvgIpc) is 2.46. The summed E-state index contributed by atoms with van der Waals surface area (Å²) < 4.78 is 0. The Hall–Kier alpha value is -1.62. The van der Waals surface area contributed by atoms with Crippen molar-refractivity contribution in [2.75, 3.05) is 25.4 Å². The minimum atomic E-state index is 0.0257. The molecule has 3 heterocycles. The van der Waals surface area contributed by atoms with E-state index in [4.69, 9.17) is 5.73 Å². The van der Waals surface area contributed by atoms with Gasteiger partial charge in [-0.25, -0.2) is 0 Å². The van der Waals surface area contributed by atoms with Crippen LogP contribution in [0.25, 0.3) is 0 Å². The topological polar surface area (TPSA) is 62.5 Å². The fourth-order valence-corrected chi connectivity index (χ4v) is 3.55. The van der Waals surface area contributed by atoms with Gasteiger partial charge in [0.2, 0.25) is 0 Å². The Labute approximate surface area is 126 Å². The van der Waals surface area contributed by atoms with Crippen LogP contribution in [0.3, 0.4) is 0 Å². The van der Waals surface area contributed by atoms with E-state index in [2.05, 4.69) is 16.8 Å². The van der Waals surface area contributed by atoms with Gasteiger partial charge in [0.25, 0.3) is 5.91 Å². The van der Waals surface area contributed by atoms with Crippen LogP contribution >= 0.6 is 0 Å². The van der Waals surface area contributed by atoms with Crippen LogP contribution in [-0.4, -0.2) is 52.4 Å². The van der Waals surface area contributed by atoms with Crippen molar-refractivity contribution in [1.29, 1.82) is 0 Å². The summed E-state index contributed by atoms with van der Waals surface area (Å²) in [4.78, 5) is 21.5. The number of nitrogens with two attached hydrogens (primary N) is 1. The summed E-state index contributed by atoms with van der Waals surface area (Å²) >= 11 is 0. The molecule has 3 rings (SSSR count). The summed E-state index contributed by atoms with van der Waals surface area (Å²) in [6.07, 6.45) is 5.36. The third-order valence-electron chi connectivity index (χ3n) is 4.75. The highest BCUT2D eigenvalue weighted by Gasteiger charge is 2.35. The number of hydrogen-bond donors (Lipinski definition) is 1. The molecule has 0 radical (unpaired) electrons. The van der Waals surface area contributed by atoms with Crippen LogP contribution in [0, 0.1) is 6.92 Å². The van der Waals surface area contributed by atoms with Crippen molar-refractivity contribution in [3.8, 4) is 0 Å². The number of piperazine rings is 1. The Balaban J connectivity index is 1.80. The largest absolute Gasteiger partial charge is 0.398 e. The van der Waals surface area contributed by atoms with Gasteiger partial charge >= 0.3 is 0 Å². The van der Waals surface area contributed by atoms with Crippen molar-refractivity contribution in [2.45, 2.75) is 45.2 Å². The van der Waals surface area contributed by atoms with Crippen molar-refractivity contribution in [2.24, 2.45) is 0 Å². The lowest BCUT2D eigenvalue weighted by molar-refractivity contribution is 0.0152. The lowest BCUT2D eigenvalue weighted by atomic mass is 9.96. The number of carbonyl (C=O) groups is 1. The standard InChI is InChI=1S/C16H24N4O/c1-11-7-15(17)14(8-18-11)16(21)20-10-13-5-3-4-6-19(13)9-12(20)2/h7-8,12-13H,3-6,9-10H2,1-2H3,(H2,17,18). The van der Waals surface area contributed by atoms with Gasteiger partial charge < -0.3 is 10.6 Å². The predicted molar refractivity (Wildman–Crippen MR) is 83.1 cm³/mol. The molecular weight excluding hydrogens is 264 g/mol. The van der Waals surface area contributed by atoms with Crippen molar-refractivity contribution in [1.82, 2.24) is 14.8 Å². The number of pyridine rings is 1. The maximum absolute atomic E-state index is 12.8. The third-order valence-corrected chi connectivity index (χ3v) is 4.75. The summed E-state index contributed by atoms with van der Waals surface area (Å²) in [5.41, 5.74) is 7.92. The first-order valence-corrected chi connectivity index (χ1v) is 7.83. The molecule has 21 heavy (non-hydrogen) atoms. The normalized spacial score (nSPS) is 26.5. The molecule has 2 aliphatic rings. The molecule has 2 saturated heterocycles. The van der Waals surface area contributed by atoms with Gasteiger partial charge in [0, 0.05) is 42.8 Å². The van der Waals surface area contributed by atoms with Crippen molar-refractivity contribution in [3.63, 3.8) is 0 Å². The minimum absolute atomic E-state index is 0.0257. The fraction of sp³-hybridized carbons (Fsp3) is 0.625. The Bertz CT molecular complexity index is 545. The number of anilines is 1. The summed E-state index contributed by atoms with van der Waals surface area (Å²) in [6, 6.07) is 2.51. The Morgan fingerprint density at radius 1 is 1.38 bits per heavy atom.